The van der Waals surface area contributed by atoms with Crippen molar-refractivity contribution in [1.29, 1.82) is 0 Å². The SMILES string of the molecule is O=C(O)C1(C(=O)Nc2cccc(OC(F)(F)F)c2)CCC1. The van der Waals surface area contributed by atoms with E-state index in [2.05, 4.69) is 10.1 Å². The summed E-state index contributed by atoms with van der Waals surface area (Å²) < 4.78 is 40.1. The van der Waals surface area contributed by atoms with Crippen molar-refractivity contribution >= 4 is 17.6 Å². The number of hydrogen-bond acceptors (Lipinski definition) is 3. The van der Waals surface area contributed by atoms with E-state index in [1.807, 2.05) is 0 Å². The lowest BCUT2D eigenvalue weighted by atomic mass is 9.68. The van der Waals surface area contributed by atoms with Crippen molar-refractivity contribution in [2.75, 3.05) is 5.32 Å². The quantitative estimate of drug-likeness (QED) is 0.839. The van der Waals surface area contributed by atoms with Gasteiger partial charge in [0.15, 0.2) is 0 Å². The zero-order valence-electron chi connectivity index (χ0n) is 10.7. The van der Waals surface area contributed by atoms with E-state index in [1.54, 1.807) is 0 Å². The van der Waals surface area contributed by atoms with Crippen LogP contribution in [0.1, 0.15) is 19.3 Å². The van der Waals surface area contributed by atoms with Crippen LogP contribution in [0.5, 0.6) is 5.75 Å². The zero-order chi connectivity index (χ0) is 15.7. The minimum absolute atomic E-state index is 0.0503. The molecule has 0 radical (unpaired) electrons. The Labute approximate surface area is 117 Å². The maximum Gasteiger partial charge on any atom is 0.573 e. The summed E-state index contributed by atoms with van der Waals surface area (Å²) in [5.41, 5.74) is -1.43. The third kappa shape index (κ3) is 3.26. The van der Waals surface area contributed by atoms with Crippen molar-refractivity contribution < 1.29 is 32.6 Å². The molecule has 1 aromatic carbocycles. The number of rotatable bonds is 4. The maximum atomic E-state index is 12.1. The first-order valence-electron chi connectivity index (χ1n) is 6.14. The van der Waals surface area contributed by atoms with Gasteiger partial charge in [-0.05, 0) is 25.0 Å². The van der Waals surface area contributed by atoms with Gasteiger partial charge in [0.2, 0.25) is 5.91 Å². The molecule has 1 amide bonds. The van der Waals surface area contributed by atoms with E-state index in [9.17, 15) is 22.8 Å². The number of nitrogens with one attached hydrogen (secondary N) is 1. The predicted molar refractivity (Wildman–Crippen MR) is 65.7 cm³/mol. The molecule has 5 nitrogen and oxygen atoms in total. The topological polar surface area (TPSA) is 75.6 Å². The minimum Gasteiger partial charge on any atom is -0.480 e. The highest BCUT2D eigenvalue weighted by Gasteiger charge is 2.51. The van der Waals surface area contributed by atoms with Crippen LogP contribution in [0, 0.1) is 5.41 Å². The normalized spacial score (nSPS) is 16.7. The van der Waals surface area contributed by atoms with Crippen molar-refractivity contribution in [3.8, 4) is 5.75 Å². The van der Waals surface area contributed by atoms with E-state index in [0.29, 0.717) is 6.42 Å². The summed E-state index contributed by atoms with van der Waals surface area (Å²) in [5.74, 6) is -2.45. The molecular formula is C13H12F3NO4. The number of anilines is 1. The first kappa shape index (κ1) is 15.1. The molecule has 2 N–H and O–H groups in total. The third-order valence-corrected chi connectivity index (χ3v) is 3.38. The summed E-state index contributed by atoms with van der Waals surface area (Å²) in [6.45, 7) is 0. The molecule has 0 bridgehead atoms. The van der Waals surface area contributed by atoms with Gasteiger partial charge in [0.25, 0.3) is 0 Å². The molecule has 1 aromatic rings. The van der Waals surface area contributed by atoms with Gasteiger partial charge in [0.1, 0.15) is 11.2 Å². The Morgan fingerprint density at radius 3 is 2.43 bits per heavy atom. The Morgan fingerprint density at radius 1 is 1.29 bits per heavy atom. The number of benzene rings is 1. The second-order valence-electron chi connectivity index (χ2n) is 4.77. The largest absolute Gasteiger partial charge is 0.573 e. The van der Waals surface area contributed by atoms with Crippen molar-refractivity contribution in [2.45, 2.75) is 25.6 Å². The monoisotopic (exact) mass is 303 g/mol. The first-order valence-corrected chi connectivity index (χ1v) is 6.14. The van der Waals surface area contributed by atoms with Crippen LogP contribution in [-0.4, -0.2) is 23.3 Å². The minimum atomic E-state index is -4.83. The van der Waals surface area contributed by atoms with Crippen LogP contribution in [0.25, 0.3) is 0 Å². The Bertz CT molecular complexity index is 567. The lowest BCUT2D eigenvalue weighted by Crippen LogP contribution is -2.48. The lowest BCUT2D eigenvalue weighted by molar-refractivity contribution is -0.274. The molecule has 0 unspecified atom stereocenters. The lowest BCUT2D eigenvalue weighted by Gasteiger charge is -2.35. The number of carboxylic acids is 1. The summed E-state index contributed by atoms with van der Waals surface area (Å²) >= 11 is 0. The van der Waals surface area contributed by atoms with Crippen LogP contribution >= 0.6 is 0 Å². The molecule has 1 saturated carbocycles. The van der Waals surface area contributed by atoms with Crippen LogP contribution in [0.4, 0.5) is 18.9 Å². The second kappa shape index (κ2) is 5.27. The van der Waals surface area contributed by atoms with Crippen molar-refractivity contribution in [2.24, 2.45) is 5.41 Å². The first-order chi connectivity index (χ1) is 9.73. The van der Waals surface area contributed by atoms with Gasteiger partial charge in [-0.3, -0.25) is 9.59 Å². The second-order valence-corrected chi connectivity index (χ2v) is 4.77. The Hall–Kier alpha value is -2.25. The molecule has 1 fully saturated rings. The Morgan fingerprint density at radius 2 is 1.95 bits per heavy atom. The Kier molecular flexibility index (Phi) is 3.80. The molecule has 0 heterocycles. The Balaban J connectivity index is 2.11. The molecule has 0 saturated heterocycles. The van der Waals surface area contributed by atoms with Crippen molar-refractivity contribution in [1.82, 2.24) is 0 Å². The fourth-order valence-corrected chi connectivity index (χ4v) is 2.09. The molecule has 0 spiro atoms. The van der Waals surface area contributed by atoms with Gasteiger partial charge in [-0.2, -0.15) is 0 Å². The molecular weight excluding hydrogens is 291 g/mol. The van der Waals surface area contributed by atoms with E-state index < -0.39 is 29.4 Å². The van der Waals surface area contributed by atoms with Crippen LogP contribution in [0.3, 0.4) is 0 Å². The number of carboxylic acid groups (broad SMARTS) is 1. The summed E-state index contributed by atoms with van der Waals surface area (Å²) in [6, 6.07) is 4.69. The van der Waals surface area contributed by atoms with E-state index >= 15 is 0 Å². The summed E-state index contributed by atoms with van der Waals surface area (Å²) in [5, 5.41) is 11.4. The zero-order valence-corrected chi connectivity index (χ0v) is 10.7. The number of amides is 1. The number of hydrogen-bond donors (Lipinski definition) is 2. The van der Waals surface area contributed by atoms with E-state index in [1.165, 1.54) is 12.1 Å². The molecule has 8 heteroatoms. The molecule has 0 aromatic heterocycles. The maximum absolute atomic E-state index is 12.1. The van der Waals surface area contributed by atoms with Crippen LogP contribution in [-0.2, 0) is 9.59 Å². The fourth-order valence-electron chi connectivity index (χ4n) is 2.09. The smallest absolute Gasteiger partial charge is 0.480 e. The van der Waals surface area contributed by atoms with Gasteiger partial charge in [0.05, 0.1) is 0 Å². The summed E-state index contributed by atoms with van der Waals surface area (Å²) in [4.78, 5) is 23.2. The highest BCUT2D eigenvalue weighted by molar-refractivity contribution is 6.09. The van der Waals surface area contributed by atoms with Crippen molar-refractivity contribution in [3.05, 3.63) is 24.3 Å². The van der Waals surface area contributed by atoms with Gasteiger partial charge in [0, 0.05) is 11.8 Å². The van der Waals surface area contributed by atoms with Gasteiger partial charge >= 0.3 is 12.3 Å². The summed E-state index contributed by atoms with van der Waals surface area (Å²) in [6.07, 6.45) is -3.78. The molecule has 114 valence electrons. The highest BCUT2D eigenvalue weighted by atomic mass is 19.4. The number of halogens is 3. The number of aliphatic carboxylic acids is 1. The van der Waals surface area contributed by atoms with E-state index in [-0.39, 0.29) is 18.5 Å². The van der Waals surface area contributed by atoms with Gasteiger partial charge in [-0.1, -0.05) is 12.5 Å². The standard InChI is InChI=1S/C13H12F3NO4/c14-13(15,16)21-9-4-1-3-8(7-9)17-10(18)12(11(19)20)5-2-6-12/h1,3-4,7H,2,5-6H2,(H,17,18)(H,19,20). The molecule has 21 heavy (non-hydrogen) atoms. The van der Waals surface area contributed by atoms with Crippen LogP contribution < -0.4 is 10.1 Å². The molecule has 2 rings (SSSR count). The molecule has 0 atom stereocenters. The number of ether oxygens (including phenoxy) is 1. The average molecular weight is 303 g/mol. The number of carbonyl (C=O) groups is 2. The van der Waals surface area contributed by atoms with E-state index in [4.69, 9.17) is 5.11 Å². The van der Waals surface area contributed by atoms with Gasteiger partial charge < -0.3 is 15.2 Å². The fraction of sp³-hybridized carbons (Fsp3) is 0.385. The number of carbonyl (C=O) groups excluding carboxylic acids is 1. The average Bonchev–Trinajstić information content (AvgIpc) is 2.24. The molecule has 1 aliphatic rings. The predicted octanol–water partition coefficient (Wildman–Crippen LogP) is 2.78. The summed E-state index contributed by atoms with van der Waals surface area (Å²) in [7, 11) is 0. The van der Waals surface area contributed by atoms with Crippen LogP contribution in [0.15, 0.2) is 24.3 Å². The van der Waals surface area contributed by atoms with Crippen LogP contribution in [0.2, 0.25) is 0 Å². The van der Waals surface area contributed by atoms with E-state index in [0.717, 1.165) is 12.1 Å². The molecule has 1 aliphatic carbocycles. The highest BCUT2D eigenvalue weighted by Crippen LogP contribution is 2.42. The third-order valence-electron chi connectivity index (χ3n) is 3.38. The number of alkyl halides is 3. The molecule has 0 aliphatic heterocycles. The van der Waals surface area contributed by atoms with Crippen molar-refractivity contribution in [3.63, 3.8) is 0 Å². The van der Waals surface area contributed by atoms with Gasteiger partial charge in [-0.15, -0.1) is 13.2 Å². The van der Waals surface area contributed by atoms with Gasteiger partial charge in [-0.25, -0.2) is 0 Å².